The average molecular weight is 290 g/mol. The summed E-state index contributed by atoms with van der Waals surface area (Å²) in [5, 5.41) is 11.5. The maximum atomic E-state index is 12.0. The largest absolute Gasteiger partial charge is 0.384 e. The molecule has 114 valence electrons. The number of aliphatic hydroxyl groups is 1. The molecule has 0 saturated carbocycles. The van der Waals surface area contributed by atoms with Gasteiger partial charge in [0.05, 0.1) is 5.56 Å². The minimum Gasteiger partial charge on any atom is -0.384 e. The minimum absolute atomic E-state index is 0.247. The van der Waals surface area contributed by atoms with Crippen molar-refractivity contribution in [1.82, 2.24) is 10.3 Å². The highest BCUT2D eigenvalue weighted by molar-refractivity contribution is 5.94. The monoisotopic (exact) mass is 290 g/mol. The topological polar surface area (TPSA) is 71.5 Å². The number of ether oxygens (including phenoxy) is 1. The fraction of sp³-hybridized carbons (Fsp3) is 0.500. The number of nitrogens with one attached hydrogen (secondary N) is 1. The number of hydrogen-bond donors (Lipinski definition) is 2. The second kappa shape index (κ2) is 9.92. The zero-order valence-corrected chi connectivity index (χ0v) is 12.6. The average Bonchev–Trinajstić information content (AvgIpc) is 2.48. The van der Waals surface area contributed by atoms with Crippen molar-refractivity contribution in [3.8, 4) is 11.8 Å². The van der Waals surface area contributed by atoms with E-state index in [0.717, 1.165) is 13.0 Å². The van der Waals surface area contributed by atoms with E-state index in [9.17, 15) is 4.79 Å². The van der Waals surface area contributed by atoms with E-state index in [2.05, 4.69) is 36.0 Å². The zero-order valence-electron chi connectivity index (χ0n) is 12.6. The summed E-state index contributed by atoms with van der Waals surface area (Å²) in [7, 11) is 0. The standard InChI is InChI=1S/C16H22N2O3/c1-13(2)12-21-11-5-9-18-16(20)15-14(7-4-10-19)6-3-8-17-15/h3,6,8,13,19H,5,9-12H2,1-2H3,(H,18,20). The van der Waals surface area contributed by atoms with E-state index in [1.807, 2.05) is 0 Å². The third-order valence-corrected chi connectivity index (χ3v) is 2.53. The van der Waals surface area contributed by atoms with Crippen LogP contribution in [0.5, 0.6) is 0 Å². The maximum absolute atomic E-state index is 12.0. The van der Waals surface area contributed by atoms with Crippen molar-refractivity contribution < 1.29 is 14.6 Å². The highest BCUT2D eigenvalue weighted by atomic mass is 16.5. The molecule has 0 unspecified atom stereocenters. The summed E-state index contributed by atoms with van der Waals surface area (Å²) in [6.45, 7) is 5.83. The molecule has 1 amide bonds. The summed E-state index contributed by atoms with van der Waals surface area (Å²) < 4.78 is 5.44. The number of nitrogens with zero attached hydrogens (tertiary/aromatic N) is 1. The van der Waals surface area contributed by atoms with E-state index in [-0.39, 0.29) is 18.2 Å². The highest BCUT2D eigenvalue weighted by Gasteiger charge is 2.10. The van der Waals surface area contributed by atoms with Gasteiger partial charge < -0.3 is 15.2 Å². The smallest absolute Gasteiger partial charge is 0.271 e. The van der Waals surface area contributed by atoms with Crippen LogP contribution in [0.25, 0.3) is 0 Å². The quantitative estimate of drug-likeness (QED) is 0.585. The number of aliphatic hydroxyl groups excluding tert-OH is 1. The predicted molar refractivity (Wildman–Crippen MR) is 80.8 cm³/mol. The van der Waals surface area contributed by atoms with E-state index in [4.69, 9.17) is 9.84 Å². The Morgan fingerprint density at radius 3 is 3.05 bits per heavy atom. The van der Waals surface area contributed by atoms with Crippen LogP contribution in [-0.2, 0) is 4.74 Å². The number of carbonyl (C=O) groups excluding carboxylic acids is 1. The van der Waals surface area contributed by atoms with Crippen molar-refractivity contribution in [3.63, 3.8) is 0 Å². The van der Waals surface area contributed by atoms with Gasteiger partial charge in [-0.3, -0.25) is 4.79 Å². The van der Waals surface area contributed by atoms with Crippen molar-refractivity contribution in [3.05, 3.63) is 29.6 Å². The van der Waals surface area contributed by atoms with Crippen LogP contribution in [0.2, 0.25) is 0 Å². The molecule has 0 atom stereocenters. The third kappa shape index (κ3) is 6.89. The third-order valence-electron chi connectivity index (χ3n) is 2.53. The van der Waals surface area contributed by atoms with Gasteiger partial charge in [0.1, 0.15) is 12.3 Å². The molecule has 0 spiro atoms. The van der Waals surface area contributed by atoms with Crippen molar-refractivity contribution in [2.45, 2.75) is 20.3 Å². The normalized spacial score (nSPS) is 10.1. The summed E-state index contributed by atoms with van der Waals surface area (Å²) in [4.78, 5) is 16.1. The second-order valence-corrected chi connectivity index (χ2v) is 4.94. The number of aromatic nitrogens is 1. The number of carbonyl (C=O) groups is 1. The molecule has 5 nitrogen and oxygen atoms in total. The van der Waals surface area contributed by atoms with Gasteiger partial charge in [-0.05, 0) is 24.5 Å². The molecule has 1 rings (SSSR count). The number of hydrogen-bond acceptors (Lipinski definition) is 4. The molecule has 0 aliphatic heterocycles. The number of pyridine rings is 1. The summed E-state index contributed by atoms with van der Waals surface area (Å²) >= 11 is 0. The lowest BCUT2D eigenvalue weighted by atomic mass is 10.2. The fourth-order valence-electron chi connectivity index (χ4n) is 1.60. The molecule has 0 saturated heterocycles. The summed E-state index contributed by atoms with van der Waals surface area (Å²) in [5.74, 6) is 5.49. The van der Waals surface area contributed by atoms with Crippen LogP contribution in [0.3, 0.4) is 0 Å². The lowest BCUT2D eigenvalue weighted by Crippen LogP contribution is -2.27. The molecular formula is C16H22N2O3. The predicted octanol–water partition coefficient (Wildman–Crippen LogP) is 1.22. The van der Waals surface area contributed by atoms with E-state index in [1.54, 1.807) is 18.3 Å². The Hall–Kier alpha value is -1.90. The van der Waals surface area contributed by atoms with Gasteiger partial charge in [0.15, 0.2) is 0 Å². The molecule has 2 N–H and O–H groups in total. The first-order valence-electron chi connectivity index (χ1n) is 7.05. The van der Waals surface area contributed by atoms with Gasteiger partial charge in [-0.2, -0.15) is 0 Å². The van der Waals surface area contributed by atoms with Gasteiger partial charge in [0, 0.05) is 26.0 Å². The van der Waals surface area contributed by atoms with Crippen LogP contribution in [0.15, 0.2) is 18.3 Å². The van der Waals surface area contributed by atoms with Crippen LogP contribution in [-0.4, -0.2) is 42.4 Å². The van der Waals surface area contributed by atoms with Gasteiger partial charge in [0.25, 0.3) is 5.91 Å². The maximum Gasteiger partial charge on any atom is 0.271 e. The molecule has 21 heavy (non-hydrogen) atoms. The Morgan fingerprint density at radius 2 is 2.33 bits per heavy atom. The van der Waals surface area contributed by atoms with E-state index in [1.165, 1.54) is 0 Å². The second-order valence-electron chi connectivity index (χ2n) is 4.94. The van der Waals surface area contributed by atoms with Gasteiger partial charge in [-0.1, -0.05) is 25.7 Å². The van der Waals surface area contributed by atoms with Gasteiger partial charge in [-0.25, -0.2) is 4.98 Å². The molecule has 5 heteroatoms. The first-order valence-corrected chi connectivity index (χ1v) is 7.05. The molecule has 0 aliphatic rings. The molecule has 1 aromatic rings. The molecule has 0 aromatic carbocycles. The number of rotatable bonds is 7. The Kier molecular flexibility index (Phi) is 8.10. The van der Waals surface area contributed by atoms with E-state index >= 15 is 0 Å². The SMILES string of the molecule is CC(C)COCCCNC(=O)c1ncccc1C#CCO. The summed E-state index contributed by atoms with van der Waals surface area (Å²) in [6.07, 6.45) is 2.30. The molecule has 0 fully saturated rings. The first-order chi connectivity index (χ1) is 10.1. The summed E-state index contributed by atoms with van der Waals surface area (Å²) in [5.41, 5.74) is 0.793. The van der Waals surface area contributed by atoms with Crippen molar-refractivity contribution >= 4 is 5.91 Å². The minimum atomic E-state index is -0.262. The Bertz CT molecular complexity index is 504. The molecular weight excluding hydrogens is 268 g/mol. The lowest BCUT2D eigenvalue weighted by molar-refractivity contribution is 0.0920. The van der Waals surface area contributed by atoms with Crippen molar-refractivity contribution in [2.75, 3.05) is 26.4 Å². The van der Waals surface area contributed by atoms with Crippen molar-refractivity contribution in [1.29, 1.82) is 0 Å². The Morgan fingerprint density at radius 1 is 1.52 bits per heavy atom. The van der Waals surface area contributed by atoms with Gasteiger partial charge >= 0.3 is 0 Å². The zero-order chi connectivity index (χ0) is 15.5. The van der Waals surface area contributed by atoms with Crippen LogP contribution in [0.4, 0.5) is 0 Å². The summed E-state index contributed by atoms with van der Waals surface area (Å²) in [6, 6.07) is 3.41. The van der Waals surface area contributed by atoms with Gasteiger partial charge in [-0.15, -0.1) is 0 Å². The van der Waals surface area contributed by atoms with Crippen molar-refractivity contribution in [2.24, 2.45) is 5.92 Å². The Balaban J connectivity index is 2.42. The van der Waals surface area contributed by atoms with E-state index < -0.39 is 0 Å². The van der Waals surface area contributed by atoms with Gasteiger partial charge in [0.2, 0.25) is 0 Å². The first kappa shape index (κ1) is 17.2. The molecule has 0 radical (unpaired) electrons. The molecule has 1 aromatic heterocycles. The highest BCUT2D eigenvalue weighted by Crippen LogP contribution is 2.03. The van der Waals surface area contributed by atoms with Crippen LogP contribution in [0.1, 0.15) is 36.3 Å². The fourth-order valence-corrected chi connectivity index (χ4v) is 1.60. The Labute approximate surface area is 125 Å². The molecule has 0 bridgehead atoms. The molecule has 1 heterocycles. The van der Waals surface area contributed by atoms with Crippen LogP contribution in [0, 0.1) is 17.8 Å². The molecule has 0 aliphatic carbocycles. The van der Waals surface area contributed by atoms with Crippen LogP contribution < -0.4 is 5.32 Å². The van der Waals surface area contributed by atoms with Crippen LogP contribution >= 0.6 is 0 Å². The lowest BCUT2D eigenvalue weighted by Gasteiger charge is -2.08. The van der Waals surface area contributed by atoms with E-state index in [0.29, 0.717) is 24.6 Å². The number of amides is 1.